The van der Waals surface area contributed by atoms with E-state index in [4.69, 9.17) is 21.3 Å². The lowest BCUT2D eigenvalue weighted by molar-refractivity contribution is 0.0938. The van der Waals surface area contributed by atoms with Crippen LogP contribution in [0.15, 0.2) is 78.9 Å². The van der Waals surface area contributed by atoms with E-state index in [1.807, 2.05) is 61.5 Å². The van der Waals surface area contributed by atoms with Crippen molar-refractivity contribution >= 4 is 28.5 Å². The van der Waals surface area contributed by atoms with Crippen molar-refractivity contribution < 1.29 is 9.53 Å². The van der Waals surface area contributed by atoms with Crippen LogP contribution in [-0.4, -0.2) is 22.1 Å². The second kappa shape index (κ2) is 10.3. The summed E-state index contributed by atoms with van der Waals surface area (Å²) in [6.07, 6.45) is 1.85. The molecule has 3 aromatic carbocycles. The van der Waals surface area contributed by atoms with E-state index in [2.05, 4.69) is 16.0 Å². The molecule has 32 heavy (non-hydrogen) atoms. The monoisotopic (exact) mass is 447 g/mol. The number of imidazole rings is 1. The number of rotatable bonds is 9. The minimum absolute atomic E-state index is 0.210. The highest BCUT2D eigenvalue weighted by atomic mass is 35.5. The molecule has 0 saturated carbocycles. The van der Waals surface area contributed by atoms with Crippen molar-refractivity contribution in [2.45, 2.75) is 32.4 Å². The third-order valence-electron chi connectivity index (χ3n) is 5.33. The summed E-state index contributed by atoms with van der Waals surface area (Å²) in [6.45, 7) is 3.40. The van der Waals surface area contributed by atoms with Gasteiger partial charge in [-0.05, 0) is 56.2 Å². The number of halogens is 1. The van der Waals surface area contributed by atoms with Gasteiger partial charge in [0.25, 0.3) is 5.91 Å². The molecule has 0 bridgehead atoms. The predicted molar refractivity (Wildman–Crippen MR) is 128 cm³/mol. The van der Waals surface area contributed by atoms with E-state index in [1.54, 1.807) is 18.2 Å². The standard InChI is InChI=1S/C26H26ClN3O2/c1-19(28-26(31)21-13-5-6-14-22(21)27)25-29-23-15-7-8-16-24(23)30(25)17-9-10-18-32-20-11-3-2-4-12-20/h2-8,11-16,19H,9-10,17-18H2,1H3,(H,28,31). The first kappa shape index (κ1) is 21.9. The molecule has 4 aromatic rings. The number of carbonyl (C=O) groups is 1. The Balaban J connectivity index is 1.45. The minimum atomic E-state index is -0.272. The molecular formula is C26H26ClN3O2. The second-order valence-corrected chi connectivity index (χ2v) is 8.06. The van der Waals surface area contributed by atoms with Crippen molar-refractivity contribution in [1.82, 2.24) is 14.9 Å². The highest BCUT2D eigenvalue weighted by Crippen LogP contribution is 2.23. The fourth-order valence-corrected chi connectivity index (χ4v) is 3.94. The van der Waals surface area contributed by atoms with E-state index < -0.39 is 0 Å². The Morgan fingerprint density at radius 1 is 1.00 bits per heavy atom. The minimum Gasteiger partial charge on any atom is -0.494 e. The number of para-hydroxylation sites is 3. The normalized spacial score (nSPS) is 11.9. The number of ether oxygens (including phenoxy) is 1. The van der Waals surface area contributed by atoms with E-state index in [0.717, 1.165) is 42.0 Å². The summed E-state index contributed by atoms with van der Waals surface area (Å²) in [5.74, 6) is 1.51. The zero-order valence-electron chi connectivity index (χ0n) is 18.0. The molecule has 1 aromatic heterocycles. The number of unbranched alkanes of at least 4 members (excludes halogenated alkanes) is 1. The molecule has 1 amide bonds. The van der Waals surface area contributed by atoms with Gasteiger partial charge in [-0.25, -0.2) is 4.98 Å². The van der Waals surface area contributed by atoms with Gasteiger partial charge in [-0.3, -0.25) is 4.79 Å². The predicted octanol–water partition coefficient (Wildman–Crippen LogP) is 6.04. The van der Waals surface area contributed by atoms with Crippen molar-refractivity contribution in [2.75, 3.05) is 6.61 Å². The first-order valence-electron chi connectivity index (χ1n) is 10.8. The van der Waals surface area contributed by atoms with E-state index in [-0.39, 0.29) is 11.9 Å². The van der Waals surface area contributed by atoms with E-state index in [1.165, 1.54) is 0 Å². The van der Waals surface area contributed by atoms with Crippen LogP contribution in [0, 0.1) is 0 Å². The summed E-state index contributed by atoms with van der Waals surface area (Å²) >= 11 is 6.19. The average Bonchev–Trinajstić information content (AvgIpc) is 3.18. The average molecular weight is 448 g/mol. The Hall–Kier alpha value is -3.31. The number of fused-ring (bicyclic) bond motifs is 1. The molecule has 164 valence electrons. The molecule has 1 unspecified atom stereocenters. The molecule has 0 radical (unpaired) electrons. The lowest BCUT2D eigenvalue weighted by atomic mass is 10.2. The van der Waals surface area contributed by atoms with Crippen molar-refractivity contribution in [3.8, 4) is 5.75 Å². The lowest BCUT2D eigenvalue weighted by Crippen LogP contribution is -2.29. The molecule has 0 fully saturated rings. The molecule has 5 nitrogen and oxygen atoms in total. The van der Waals surface area contributed by atoms with Gasteiger partial charge in [0.2, 0.25) is 0 Å². The Bertz CT molecular complexity index is 1190. The Morgan fingerprint density at radius 2 is 1.72 bits per heavy atom. The number of nitrogens with zero attached hydrogens (tertiary/aromatic N) is 2. The molecule has 1 N–H and O–H groups in total. The molecule has 0 aliphatic rings. The maximum atomic E-state index is 12.8. The van der Waals surface area contributed by atoms with E-state index in [9.17, 15) is 4.79 Å². The maximum Gasteiger partial charge on any atom is 0.253 e. The van der Waals surface area contributed by atoms with Crippen molar-refractivity contribution in [1.29, 1.82) is 0 Å². The van der Waals surface area contributed by atoms with Crippen molar-refractivity contribution in [2.24, 2.45) is 0 Å². The van der Waals surface area contributed by atoms with Gasteiger partial charge in [-0.15, -0.1) is 0 Å². The zero-order valence-corrected chi connectivity index (χ0v) is 18.8. The van der Waals surface area contributed by atoms with Crippen LogP contribution >= 0.6 is 11.6 Å². The molecule has 0 spiro atoms. The van der Waals surface area contributed by atoms with Crippen molar-refractivity contribution in [3.05, 3.63) is 95.3 Å². The third-order valence-corrected chi connectivity index (χ3v) is 5.66. The summed E-state index contributed by atoms with van der Waals surface area (Å²) in [7, 11) is 0. The van der Waals surface area contributed by atoms with Gasteiger partial charge >= 0.3 is 0 Å². The van der Waals surface area contributed by atoms with E-state index in [0.29, 0.717) is 17.2 Å². The summed E-state index contributed by atoms with van der Waals surface area (Å²) in [4.78, 5) is 17.6. The first-order valence-corrected chi connectivity index (χ1v) is 11.2. The van der Waals surface area contributed by atoms with Gasteiger partial charge in [-0.2, -0.15) is 0 Å². The fraction of sp³-hybridized carbons (Fsp3) is 0.231. The molecular weight excluding hydrogens is 422 g/mol. The SMILES string of the molecule is CC(NC(=O)c1ccccc1Cl)c1nc2ccccc2n1CCCCOc1ccccc1. The number of nitrogens with one attached hydrogen (secondary N) is 1. The molecule has 0 aliphatic carbocycles. The topological polar surface area (TPSA) is 56.2 Å². The molecule has 0 saturated heterocycles. The van der Waals surface area contributed by atoms with Crippen LogP contribution in [0.4, 0.5) is 0 Å². The van der Waals surface area contributed by atoms with Crippen LogP contribution in [0.1, 0.15) is 42.0 Å². The molecule has 0 aliphatic heterocycles. The molecule has 1 heterocycles. The number of hydrogen-bond acceptors (Lipinski definition) is 3. The quantitative estimate of drug-likeness (QED) is 0.318. The number of carbonyl (C=O) groups excluding carboxylic acids is 1. The van der Waals surface area contributed by atoms with Gasteiger partial charge in [0.15, 0.2) is 0 Å². The molecule has 1 atom stereocenters. The highest BCUT2D eigenvalue weighted by molar-refractivity contribution is 6.33. The second-order valence-electron chi connectivity index (χ2n) is 7.65. The Kier molecular flexibility index (Phi) is 7.07. The number of benzene rings is 3. The third kappa shape index (κ3) is 5.11. The van der Waals surface area contributed by atoms with E-state index >= 15 is 0 Å². The first-order chi connectivity index (χ1) is 15.6. The Labute approximate surface area is 193 Å². The maximum absolute atomic E-state index is 12.8. The van der Waals surface area contributed by atoms with Crippen LogP contribution < -0.4 is 10.1 Å². The largest absolute Gasteiger partial charge is 0.494 e. The summed E-state index contributed by atoms with van der Waals surface area (Å²) in [5, 5.41) is 3.48. The van der Waals surface area contributed by atoms with Crippen LogP contribution in [0.2, 0.25) is 5.02 Å². The summed E-state index contributed by atoms with van der Waals surface area (Å²) in [6, 6.07) is 24.7. The number of aryl methyl sites for hydroxylation is 1. The van der Waals surface area contributed by atoms with Crippen LogP contribution in [-0.2, 0) is 6.54 Å². The summed E-state index contributed by atoms with van der Waals surface area (Å²) in [5.41, 5.74) is 2.44. The van der Waals surface area contributed by atoms with Crippen LogP contribution in [0.5, 0.6) is 5.75 Å². The number of aromatic nitrogens is 2. The van der Waals surface area contributed by atoms with Crippen LogP contribution in [0.25, 0.3) is 11.0 Å². The fourth-order valence-electron chi connectivity index (χ4n) is 3.72. The number of hydrogen-bond donors (Lipinski definition) is 1. The lowest BCUT2D eigenvalue weighted by Gasteiger charge is -2.17. The molecule has 6 heteroatoms. The smallest absolute Gasteiger partial charge is 0.253 e. The molecule has 4 rings (SSSR count). The van der Waals surface area contributed by atoms with Crippen LogP contribution in [0.3, 0.4) is 0 Å². The van der Waals surface area contributed by atoms with Gasteiger partial charge in [0, 0.05) is 6.54 Å². The highest BCUT2D eigenvalue weighted by Gasteiger charge is 2.20. The van der Waals surface area contributed by atoms with Gasteiger partial charge < -0.3 is 14.6 Å². The van der Waals surface area contributed by atoms with Gasteiger partial charge in [0.05, 0.1) is 34.3 Å². The zero-order chi connectivity index (χ0) is 22.3. The van der Waals surface area contributed by atoms with Crippen molar-refractivity contribution in [3.63, 3.8) is 0 Å². The van der Waals surface area contributed by atoms with Gasteiger partial charge in [-0.1, -0.05) is 54.1 Å². The van der Waals surface area contributed by atoms with Gasteiger partial charge in [0.1, 0.15) is 11.6 Å². The number of amides is 1. The Morgan fingerprint density at radius 3 is 2.53 bits per heavy atom. The summed E-state index contributed by atoms with van der Waals surface area (Å²) < 4.78 is 8.00.